The molecular formula is C49H66N4O12. The van der Waals surface area contributed by atoms with Crippen LogP contribution in [0.25, 0.3) is 0 Å². The molecule has 4 amide bonds. The van der Waals surface area contributed by atoms with E-state index in [1.165, 1.54) is 12.1 Å². The van der Waals surface area contributed by atoms with Gasteiger partial charge in [0.2, 0.25) is 5.91 Å². The summed E-state index contributed by atoms with van der Waals surface area (Å²) in [7, 11) is 0. The summed E-state index contributed by atoms with van der Waals surface area (Å²) in [6, 6.07) is 20.5. The lowest BCUT2D eigenvalue weighted by atomic mass is 10.0. The Labute approximate surface area is 382 Å². The van der Waals surface area contributed by atoms with Gasteiger partial charge in [0.1, 0.15) is 47.3 Å². The topological polar surface area (TPSA) is 214 Å². The molecule has 0 aromatic heterocycles. The third kappa shape index (κ3) is 22.1. The number of nitrogens with one attached hydrogen (secondary N) is 4. The van der Waals surface area contributed by atoms with E-state index in [0.717, 1.165) is 11.1 Å². The van der Waals surface area contributed by atoms with Gasteiger partial charge in [-0.05, 0) is 123 Å². The van der Waals surface area contributed by atoms with Crippen molar-refractivity contribution in [3.05, 3.63) is 102 Å². The molecule has 0 saturated carbocycles. The molecule has 0 unspecified atom stereocenters. The number of rotatable bonds is 22. The monoisotopic (exact) mass is 902 g/mol. The number of amides is 4. The number of esters is 4. The van der Waals surface area contributed by atoms with Gasteiger partial charge < -0.3 is 45.0 Å². The highest BCUT2D eigenvalue weighted by Crippen LogP contribution is 2.17. The molecule has 0 bridgehead atoms. The molecular weight excluding hydrogens is 837 g/mol. The SMILES string of the molecule is CC(C)(C)OC(=O)CC[C@H](NC(=O)N[C@@H](CCCCNC(=O)[C@H](Cc1ccccc1)NC(=O)COc1ccc(C(=O)OCc2ccccc2)cc1)C(=O)OC(C)(C)C)C(=O)OC(C)(C)C. The molecule has 0 aliphatic rings. The van der Waals surface area contributed by atoms with Crippen LogP contribution in [0.1, 0.15) is 116 Å². The van der Waals surface area contributed by atoms with Gasteiger partial charge in [-0.3, -0.25) is 14.4 Å². The first kappa shape index (κ1) is 52.9. The Bertz CT molecular complexity index is 2020. The normalized spacial score (nSPS) is 12.9. The summed E-state index contributed by atoms with van der Waals surface area (Å²) in [5, 5.41) is 10.8. The van der Waals surface area contributed by atoms with Crippen molar-refractivity contribution in [3.63, 3.8) is 0 Å². The van der Waals surface area contributed by atoms with E-state index in [0.29, 0.717) is 24.2 Å². The Morgan fingerprint density at radius 1 is 0.569 bits per heavy atom. The second-order valence-corrected chi connectivity index (χ2v) is 18.4. The van der Waals surface area contributed by atoms with Crippen LogP contribution in [-0.2, 0) is 55.9 Å². The highest BCUT2D eigenvalue weighted by atomic mass is 16.6. The highest BCUT2D eigenvalue weighted by molar-refractivity contribution is 5.90. The maximum absolute atomic E-state index is 13.5. The van der Waals surface area contributed by atoms with Gasteiger partial charge in [0.25, 0.3) is 5.91 Å². The standard InChI is InChI=1S/C49H66N4O12/c1-47(2,3)63-41(55)28-27-38(45(59)65-49(7,8)9)53-46(60)52-37(44(58)64-48(4,5)6)22-16-17-29-50-42(56)39(30-33-18-12-10-13-19-33)51-40(54)32-61-36-25-23-35(24-26-36)43(57)62-31-34-20-14-11-15-21-34/h10-15,18-21,23-26,37-39H,16-17,22,27-32H2,1-9H3,(H,50,56)(H,51,54)(H2,52,53,60)/t37-,38-,39-/m0/s1. The van der Waals surface area contributed by atoms with Gasteiger partial charge in [-0.15, -0.1) is 0 Å². The summed E-state index contributed by atoms with van der Waals surface area (Å²) in [4.78, 5) is 91.2. The lowest BCUT2D eigenvalue weighted by molar-refractivity contribution is -0.159. The fourth-order valence-corrected chi connectivity index (χ4v) is 6.00. The van der Waals surface area contributed by atoms with E-state index < -0.39 is 83.3 Å². The Kier molecular flexibility index (Phi) is 20.5. The molecule has 16 heteroatoms. The summed E-state index contributed by atoms with van der Waals surface area (Å²) in [5.74, 6) is -3.19. The van der Waals surface area contributed by atoms with Crippen LogP contribution in [0.4, 0.5) is 4.79 Å². The lowest BCUT2D eigenvalue weighted by Crippen LogP contribution is -2.53. The Morgan fingerprint density at radius 3 is 1.63 bits per heavy atom. The van der Waals surface area contributed by atoms with Gasteiger partial charge in [0.15, 0.2) is 6.61 Å². The van der Waals surface area contributed by atoms with Crippen molar-refractivity contribution in [2.24, 2.45) is 0 Å². The molecule has 65 heavy (non-hydrogen) atoms. The quantitative estimate of drug-likeness (QED) is 0.0499. The number of ether oxygens (including phenoxy) is 5. The molecule has 4 N–H and O–H groups in total. The third-order valence-electron chi connectivity index (χ3n) is 8.88. The average Bonchev–Trinajstić information content (AvgIpc) is 3.21. The van der Waals surface area contributed by atoms with E-state index in [4.69, 9.17) is 23.7 Å². The molecule has 3 atom stereocenters. The van der Waals surface area contributed by atoms with Crippen molar-refractivity contribution in [3.8, 4) is 5.75 Å². The highest BCUT2D eigenvalue weighted by Gasteiger charge is 2.31. The zero-order chi connectivity index (χ0) is 48.2. The van der Waals surface area contributed by atoms with Crippen molar-refractivity contribution in [2.45, 2.75) is 142 Å². The zero-order valence-corrected chi connectivity index (χ0v) is 39.1. The van der Waals surface area contributed by atoms with Crippen LogP contribution in [0.2, 0.25) is 0 Å². The minimum absolute atomic E-state index is 0.115. The summed E-state index contributed by atoms with van der Waals surface area (Å²) in [6.45, 7) is 15.1. The van der Waals surface area contributed by atoms with Crippen LogP contribution < -0.4 is 26.0 Å². The van der Waals surface area contributed by atoms with Gasteiger partial charge in [-0.25, -0.2) is 19.2 Å². The Balaban J connectivity index is 1.58. The molecule has 0 saturated heterocycles. The maximum Gasteiger partial charge on any atom is 0.338 e. The molecule has 0 heterocycles. The number of hydrogen-bond acceptors (Lipinski definition) is 12. The first-order valence-electron chi connectivity index (χ1n) is 21.8. The van der Waals surface area contributed by atoms with Crippen LogP contribution in [0.5, 0.6) is 5.75 Å². The van der Waals surface area contributed by atoms with Crippen molar-refractivity contribution < 1.29 is 57.2 Å². The van der Waals surface area contributed by atoms with Gasteiger partial charge in [-0.1, -0.05) is 60.7 Å². The van der Waals surface area contributed by atoms with Crippen LogP contribution in [0.3, 0.4) is 0 Å². The fraction of sp³-hybridized carbons (Fsp3) is 0.490. The largest absolute Gasteiger partial charge is 0.484 e. The van der Waals surface area contributed by atoms with E-state index in [-0.39, 0.29) is 38.8 Å². The predicted octanol–water partition coefficient (Wildman–Crippen LogP) is 6.28. The first-order valence-corrected chi connectivity index (χ1v) is 21.8. The second kappa shape index (κ2) is 25.1. The summed E-state index contributed by atoms with van der Waals surface area (Å²) >= 11 is 0. The molecule has 0 spiro atoms. The second-order valence-electron chi connectivity index (χ2n) is 18.4. The molecule has 354 valence electrons. The summed E-state index contributed by atoms with van der Waals surface area (Å²) < 4.78 is 27.4. The number of benzene rings is 3. The van der Waals surface area contributed by atoms with Gasteiger partial charge in [0, 0.05) is 19.4 Å². The fourth-order valence-electron chi connectivity index (χ4n) is 6.00. The average molecular weight is 903 g/mol. The predicted molar refractivity (Wildman–Crippen MR) is 242 cm³/mol. The number of hydrogen-bond donors (Lipinski definition) is 4. The number of carbonyl (C=O) groups excluding carboxylic acids is 7. The Hall–Kier alpha value is -6.45. The summed E-state index contributed by atoms with van der Waals surface area (Å²) in [6.07, 6.45) is 0.750. The molecule has 16 nitrogen and oxygen atoms in total. The minimum Gasteiger partial charge on any atom is -0.484 e. The van der Waals surface area contributed by atoms with E-state index >= 15 is 0 Å². The minimum atomic E-state index is -1.23. The first-order chi connectivity index (χ1) is 30.5. The van der Waals surface area contributed by atoms with E-state index in [9.17, 15) is 33.6 Å². The number of carbonyl (C=O) groups is 7. The van der Waals surface area contributed by atoms with Gasteiger partial charge >= 0.3 is 29.9 Å². The van der Waals surface area contributed by atoms with Crippen molar-refractivity contribution >= 4 is 41.7 Å². The maximum atomic E-state index is 13.5. The van der Waals surface area contributed by atoms with E-state index in [2.05, 4.69) is 21.3 Å². The van der Waals surface area contributed by atoms with Crippen molar-refractivity contribution in [1.29, 1.82) is 0 Å². The zero-order valence-electron chi connectivity index (χ0n) is 39.1. The van der Waals surface area contributed by atoms with E-state index in [1.807, 2.05) is 60.7 Å². The van der Waals surface area contributed by atoms with Gasteiger partial charge in [-0.2, -0.15) is 0 Å². The molecule has 3 aromatic rings. The third-order valence-corrected chi connectivity index (χ3v) is 8.88. The van der Waals surface area contributed by atoms with Crippen LogP contribution >= 0.6 is 0 Å². The summed E-state index contributed by atoms with van der Waals surface area (Å²) in [5.41, 5.74) is -0.518. The lowest BCUT2D eigenvalue weighted by Gasteiger charge is -2.27. The smallest absolute Gasteiger partial charge is 0.338 e. The van der Waals surface area contributed by atoms with E-state index in [1.54, 1.807) is 74.4 Å². The molecule has 0 fully saturated rings. The number of unbranched alkanes of at least 4 members (excludes halogenated alkanes) is 1. The molecule has 3 aromatic carbocycles. The van der Waals surface area contributed by atoms with Crippen LogP contribution in [0.15, 0.2) is 84.9 Å². The molecule has 0 aliphatic heterocycles. The molecule has 0 aliphatic carbocycles. The molecule has 3 rings (SSSR count). The number of urea groups is 1. The Morgan fingerprint density at radius 2 is 1.09 bits per heavy atom. The van der Waals surface area contributed by atoms with Crippen LogP contribution in [0, 0.1) is 0 Å². The van der Waals surface area contributed by atoms with Crippen molar-refractivity contribution in [1.82, 2.24) is 21.3 Å². The van der Waals surface area contributed by atoms with Gasteiger partial charge in [0.05, 0.1) is 5.56 Å². The van der Waals surface area contributed by atoms with Crippen molar-refractivity contribution in [2.75, 3.05) is 13.2 Å². The van der Waals surface area contributed by atoms with Crippen LogP contribution in [-0.4, -0.2) is 89.8 Å². The molecule has 0 radical (unpaired) electrons.